The van der Waals surface area contributed by atoms with Crippen LogP contribution in [-0.2, 0) is 4.74 Å². The fourth-order valence-corrected chi connectivity index (χ4v) is 2.17. The van der Waals surface area contributed by atoms with Crippen molar-refractivity contribution in [2.75, 3.05) is 20.3 Å². The Bertz CT molecular complexity index is 494. The molecule has 0 aromatic carbocycles. The summed E-state index contributed by atoms with van der Waals surface area (Å²) >= 11 is 1.63. The Morgan fingerprint density at radius 2 is 2.33 bits per heavy atom. The molecule has 1 N–H and O–H groups in total. The van der Waals surface area contributed by atoms with Crippen molar-refractivity contribution in [3.05, 3.63) is 41.4 Å². The van der Waals surface area contributed by atoms with Crippen LogP contribution in [-0.4, -0.2) is 31.2 Å². The third kappa shape index (κ3) is 3.15. The quantitative estimate of drug-likeness (QED) is 0.840. The number of amides is 1. The predicted molar refractivity (Wildman–Crippen MR) is 71.8 cm³/mol. The topological polar surface area (TPSA) is 51.2 Å². The normalized spacial score (nSPS) is 10.3. The van der Waals surface area contributed by atoms with E-state index >= 15 is 0 Å². The number of rotatable bonds is 5. The molecule has 5 heteroatoms. The molecule has 2 aromatic heterocycles. The van der Waals surface area contributed by atoms with Gasteiger partial charge in [0.1, 0.15) is 0 Å². The van der Waals surface area contributed by atoms with E-state index in [2.05, 4.69) is 10.3 Å². The largest absolute Gasteiger partial charge is 0.383 e. The molecule has 2 aromatic rings. The average Bonchev–Trinajstić information content (AvgIpc) is 2.93. The molecule has 1 amide bonds. The monoisotopic (exact) mass is 262 g/mol. The summed E-state index contributed by atoms with van der Waals surface area (Å²) in [4.78, 5) is 17.1. The van der Waals surface area contributed by atoms with Crippen LogP contribution in [0.2, 0.25) is 0 Å². The molecule has 0 saturated carbocycles. The number of nitrogens with zero attached hydrogens (tertiary/aromatic N) is 1. The highest BCUT2D eigenvalue weighted by Gasteiger charge is 2.06. The summed E-state index contributed by atoms with van der Waals surface area (Å²) in [6, 6.07) is 7.62. The molecular formula is C13H14N2O2S. The second kappa shape index (κ2) is 6.28. The van der Waals surface area contributed by atoms with Crippen LogP contribution in [0.1, 0.15) is 10.4 Å². The van der Waals surface area contributed by atoms with Gasteiger partial charge in [0.25, 0.3) is 5.91 Å². The van der Waals surface area contributed by atoms with Gasteiger partial charge in [-0.2, -0.15) is 0 Å². The minimum atomic E-state index is -0.128. The third-order valence-corrected chi connectivity index (χ3v) is 3.28. The molecular weight excluding hydrogens is 248 g/mol. The molecule has 0 saturated heterocycles. The lowest BCUT2D eigenvalue weighted by atomic mass is 10.2. The number of hydrogen-bond acceptors (Lipinski definition) is 4. The zero-order valence-corrected chi connectivity index (χ0v) is 10.9. The van der Waals surface area contributed by atoms with Gasteiger partial charge in [0.05, 0.1) is 22.7 Å². The molecule has 4 nitrogen and oxygen atoms in total. The minimum Gasteiger partial charge on any atom is -0.383 e. The second-order valence-electron chi connectivity index (χ2n) is 3.66. The number of hydrogen-bond donors (Lipinski definition) is 1. The lowest BCUT2D eigenvalue weighted by molar-refractivity contribution is 0.0937. The van der Waals surface area contributed by atoms with Crippen LogP contribution in [0.4, 0.5) is 0 Å². The molecule has 0 radical (unpaired) electrons. The molecule has 0 aliphatic rings. The summed E-state index contributed by atoms with van der Waals surface area (Å²) < 4.78 is 4.87. The van der Waals surface area contributed by atoms with Gasteiger partial charge in [-0.05, 0) is 23.6 Å². The highest BCUT2D eigenvalue weighted by Crippen LogP contribution is 2.22. The summed E-state index contributed by atoms with van der Waals surface area (Å²) in [5.41, 5.74) is 1.45. The lowest BCUT2D eigenvalue weighted by Crippen LogP contribution is -2.26. The van der Waals surface area contributed by atoms with Gasteiger partial charge in [0, 0.05) is 19.9 Å². The Balaban J connectivity index is 2.01. The molecule has 0 fully saturated rings. The van der Waals surface area contributed by atoms with Crippen LogP contribution in [0, 0.1) is 0 Å². The minimum absolute atomic E-state index is 0.128. The Hall–Kier alpha value is -1.72. The Labute approximate surface area is 110 Å². The Kier molecular flexibility index (Phi) is 4.44. The fourth-order valence-electron chi connectivity index (χ4n) is 1.47. The van der Waals surface area contributed by atoms with E-state index in [9.17, 15) is 4.79 Å². The Morgan fingerprint density at radius 1 is 1.44 bits per heavy atom. The van der Waals surface area contributed by atoms with Crippen molar-refractivity contribution in [1.82, 2.24) is 10.3 Å². The van der Waals surface area contributed by atoms with Crippen molar-refractivity contribution in [1.29, 1.82) is 0 Å². The Morgan fingerprint density at radius 3 is 2.94 bits per heavy atom. The van der Waals surface area contributed by atoms with Gasteiger partial charge in [-0.1, -0.05) is 6.07 Å². The van der Waals surface area contributed by atoms with Crippen molar-refractivity contribution in [2.24, 2.45) is 0 Å². The molecule has 0 aliphatic heterocycles. The number of nitrogens with one attached hydrogen (secondary N) is 1. The maximum absolute atomic E-state index is 11.7. The van der Waals surface area contributed by atoms with E-state index in [1.807, 2.05) is 23.6 Å². The van der Waals surface area contributed by atoms with Gasteiger partial charge in [0.15, 0.2) is 0 Å². The molecule has 2 rings (SSSR count). The molecule has 0 atom stereocenters. The van der Waals surface area contributed by atoms with Crippen LogP contribution in [0.3, 0.4) is 0 Å². The summed E-state index contributed by atoms with van der Waals surface area (Å²) in [7, 11) is 1.60. The van der Waals surface area contributed by atoms with Crippen molar-refractivity contribution in [3.8, 4) is 10.6 Å². The van der Waals surface area contributed by atoms with E-state index in [0.29, 0.717) is 18.7 Å². The van der Waals surface area contributed by atoms with Gasteiger partial charge in [-0.25, -0.2) is 0 Å². The molecule has 0 bridgehead atoms. The van der Waals surface area contributed by atoms with Gasteiger partial charge in [-0.3, -0.25) is 9.78 Å². The maximum Gasteiger partial charge on any atom is 0.252 e. The lowest BCUT2D eigenvalue weighted by Gasteiger charge is -2.04. The van der Waals surface area contributed by atoms with Crippen LogP contribution < -0.4 is 5.32 Å². The molecule has 2 heterocycles. The van der Waals surface area contributed by atoms with Gasteiger partial charge in [0.2, 0.25) is 0 Å². The number of pyridine rings is 1. The standard InChI is InChI=1S/C13H14N2O2S/c1-17-7-6-14-13(16)10-4-5-11(15-9-10)12-3-2-8-18-12/h2-5,8-9H,6-7H2,1H3,(H,14,16). The summed E-state index contributed by atoms with van der Waals surface area (Å²) in [5, 5.41) is 4.76. The maximum atomic E-state index is 11.7. The highest BCUT2D eigenvalue weighted by molar-refractivity contribution is 7.13. The zero-order valence-electron chi connectivity index (χ0n) is 10.1. The highest BCUT2D eigenvalue weighted by atomic mass is 32.1. The first-order valence-corrected chi connectivity index (χ1v) is 6.46. The van der Waals surface area contributed by atoms with Gasteiger partial charge < -0.3 is 10.1 Å². The molecule has 94 valence electrons. The number of carbonyl (C=O) groups excluding carboxylic acids is 1. The second-order valence-corrected chi connectivity index (χ2v) is 4.61. The van der Waals surface area contributed by atoms with Crippen LogP contribution in [0.25, 0.3) is 10.6 Å². The van der Waals surface area contributed by atoms with Crippen molar-refractivity contribution in [3.63, 3.8) is 0 Å². The average molecular weight is 262 g/mol. The van der Waals surface area contributed by atoms with Gasteiger partial charge in [-0.15, -0.1) is 11.3 Å². The number of carbonyl (C=O) groups is 1. The zero-order chi connectivity index (χ0) is 12.8. The number of thiophene rings is 1. The number of aromatic nitrogens is 1. The van der Waals surface area contributed by atoms with E-state index in [0.717, 1.165) is 10.6 Å². The summed E-state index contributed by atoms with van der Waals surface area (Å²) in [6.07, 6.45) is 1.59. The van der Waals surface area contributed by atoms with Crippen LogP contribution in [0.5, 0.6) is 0 Å². The summed E-state index contributed by atoms with van der Waals surface area (Å²) in [6.45, 7) is 1.01. The van der Waals surface area contributed by atoms with E-state index in [1.54, 1.807) is 30.7 Å². The predicted octanol–water partition coefficient (Wildman–Crippen LogP) is 2.19. The van der Waals surface area contributed by atoms with E-state index in [1.165, 1.54) is 0 Å². The van der Waals surface area contributed by atoms with Crippen LogP contribution in [0.15, 0.2) is 35.8 Å². The smallest absolute Gasteiger partial charge is 0.252 e. The molecule has 18 heavy (non-hydrogen) atoms. The number of methoxy groups -OCH3 is 1. The SMILES string of the molecule is COCCNC(=O)c1ccc(-c2cccs2)nc1. The first kappa shape index (κ1) is 12.7. The third-order valence-electron chi connectivity index (χ3n) is 2.39. The molecule has 0 unspecified atom stereocenters. The fraction of sp³-hybridized carbons (Fsp3) is 0.231. The number of ether oxygens (including phenoxy) is 1. The van der Waals surface area contributed by atoms with Crippen molar-refractivity contribution < 1.29 is 9.53 Å². The van der Waals surface area contributed by atoms with E-state index in [4.69, 9.17) is 4.74 Å². The van der Waals surface area contributed by atoms with Crippen LogP contribution >= 0.6 is 11.3 Å². The van der Waals surface area contributed by atoms with E-state index in [-0.39, 0.29) is 5.91 Å². The first-order valence-electron chi connectivity index (χ1n) is 5.58. The van der Waals surface area contributed by atoms with E-state index < -0.39 is 0 Å². The molecule has 0 spiro atoms. The first-order chi connectivity index (χ1) is 8.81. The van der Waals surface area contributed by atoms with Crippen molar-refractivity contribution >= 4 is 17.2 Å². The van der Waals surface area contributed by atoms with Crippen molar-refractivity contribution in [2.45, 2.75) is 0 Å². The van der Waals surface area contributed by atoms with Gasteiger partial charge >= 0.3 is 0 Å². The molecule has 0 aliphatic carbocycles. The summed E-state index contributed by atoms with van der Waals surface area (Å²) in [5.74, 6) is -0.128.